The summed E-state index contributed by atoms with van der Waals surface area (Å²) in [5.74, 6) is -5.28. The van der Waals surface area contributed by atoms with E-state index in [1.165, 1.54) is 31.1 Å². The SMILES string of the molecule is C=CC(=O)N1CCC[C@H](C(F)(F)c2ccc(N3CC(O)(CN4CCC([C@@](CNC(C)=O)(c5cccc(F)c5)[C@H]5CCC[C@@H]5NC(=O)OC)CC4)C3)cc2CN2CC(F)C2)C1. The minimum absolute atomic E-state index is 0.0216. The van der Waals surface area contributed by atoms with Crippen molar-refractivity contribution in [2.45, 2.75) is 87.6 Å². The van der Waals surface area contributed by atoms with E-state index >= 15 is 8.78 Å². The molecule has 11 nitrogen and oxygen atoms in total. The molecule has 4 atom stereocenters. The van der Waals surface area contributed by atoms with Gasteiger partial charge in [-0.25, -0.2) is 22.4 Å². The van der Waals surface area contributed by atoms with Gasteiger partial charge in [0.05, 0.1) is 7.11 Å². The number of piperidine rings is 2. The molecule has 0 spiro atoms. The lowest BCUT2D eigenvalue weighted by molar-refractivity contribution is -0.134. The second kappa shape index (κ2) is 18.0. The Hall–Kier alpha value is -4.21. The van der Waals surface area contributed by atoms with E-state index in [1.807, 2.05) is 15.9 Å². The Morgan fingerprint density at radius 1 is 0.967 bits per heavy atom. The molecule has 5 aliphatic rings. The van der Waals surface area contributed by atoms with E-state index in [0.29, 0.717) is 69.8 Å². The van der Waals surface area contributed by atoms with E-state index in [2.05, 4.69) is 22.1 Å². The number of ether oxygens (including phenoxy) is 1. The quantitative estimate of drug-likeness (QED) is 0.172. The van der Waals surface area contributed by atoms with Crippen molar-refractivity contribution in [1.29, 1.82) is 0 Å². The predicted molar refractivity (Wildman–Crippen MR) is 220 cm³/mol. The maximum absolute atomic E-state index is 16.4. The van der Waals surface area contributed by atoms with Crippen LogP contribution in [0.3, 0.4) is 0 Å². The molecular weight excluding hydrogens is 781 g/mol. The van der Waals surface area contributed by atoms with Gasteiger partial charge < -0.3 is 35.2 Å². The molecule has 3 amide bonds. The lowest BCUT2D eigenvalue weighted by Gasteiger charge is -2.53. The topological polar surface area (TPSA) is 118 Å². The fraction of sp³-hybridized carbons (Fsp3) is 0.622. The van der Waals surface area contributed by atoms with Gasteiger partial charge in [0.15, 0.2) is 0 Å². The molecule has 3 N–H and O–H groups in total. The Morgan fingerprint density at radius 3 is 2.38 bits per heavy atom. The highest BCUT2D eigenvalue weighted by atomic mass is 19.3. The standard InChI is InChI=1S/C45H60F4N6O5/c1-4-41(57)54-17-7-9-34(23-54)45(48,49)38-14-13-37(20-31(38)22-53-24-36(47)25-53)55-28-43(59,29-55)27-52-18-15-32(16-19-52)44(26-50-30(2)56,33-8-5-10-35(46)21-33)39-11-6-12-40(39)51-42(58)60-3/h4-5,8,10,13-14,20-21,32,34,36,39-40,59H,1,6-7,9,11-12,15-19,22-29H2,2-3H3,(H,50,56)(H,51,58)/t34-,39-,40-,44-/m0/s1. The zero-order valence-corrected chi connectivity index (χ0v) is 34.8. The molecule has 0 bridgehead atoms. The van der Waals surface area contributed by atoms with Gasteiger partial charge in [-0.2, -0.15) is 0 Å². The highest BCUT2D eigenvalue weighted by Gasteiger charge is 2.53. The molecule has 7 rings (SSSR count). The predicted octanol–water partition coefficient (Wildman–Crippen LogP) is 5.36. The van der Waals surface area contributed by atoms with E-state index in [-0.39, 0.29) is 80.2 Å². The van der Waals surface area contributed by atoms with Crippen LogP contribution in [0.25, 0.3) is 0 Å². The average Bonchev–Trinajstić information content (AvgIpc) is 3.67. The number of aliphatic hydroxyl groups is 1. The summed E-state index contributed by atoms with van der Waals surface area (Å²) in [5.41, 5.74) is 0.0743. The second-order valence-corrected chi connectivity index (χ2v) is 18.0. The van der Waals surface area contributed by atoms with Gasteiger partial charge in [0.25, 0.3) is 5.92 Å². The van der Waals surface area contributed by atoms with Crippen molar-refractivity contribution in [3.63, 3.8) is 0 Å². The number of alkyl carbamates (subject to hydrolysis) is 1. The lowest BCUT2D eigenvalue weighted by Crippen LogP contribution is -2.67. The van der Waals surface area contributed by atoms with Crippen molar-refractivity contribution in [3.05, 3.63) is 77.6 Å². The maximum Gasteiger partial charge on any atom is 0.407 e. The number of carbonyl (C=O) groups excluding carboxylic acids is 3. The number of nitrogens with zero attached hydrogens (tertiary/aromatic N) is 4. The van der Waals surface area contributed by atoms with Crippen LogP contribution >= 0.6 is 0 Å². The van der Waals surface area contributed by atoms with Crippen LogP contribution in [-0.4, -0.2) is 128 Å². The number of alkyl halides is 3. The monoisotopic (exact) mass is 840 g/mol. The fourth-order valence-corrected chi connectivity index (χ4v) is 11.0. The van der Waals surface area contributed by atoms with Crippen LogP contribution in [0.15, 0.2) is 55.1 Å². The number of nitrogens with one attached hydrogen (secondary N) is 2. The van der Waals surface area contributed by atoms with Crippen molar-refractivity contribution in [2.24, 2.45) is 17.8 Å². The maximum atomic E-state index is 16.4. The third-order valence-electron chi connectivity index (χ3n) is 14.0. The molecule has 5 fully saturated rings. The number of carbonyl (C=O) groups is 3. The van der Waals surface area contributed by atoms with Crippen molar-refractivity contribution in [3.8, 4) is 0 Å². The van der Waals surface area contributed by atoms with Crippen LogP contribution in [0.1, 0.15) is 68.6 Å². The number of amides is 3. The molecule has 1 saturated carbocycles. The summed E-state index contributed by atoms with van der Waals surface area (Å²) in [6, 6.07) is 11.3. The molecule has 4 saturated heterocycles. The molecule has 2 aromatic rings. The highest BCUT2D eigenvalue weighted by Crippen LogP contribution is 2.51. The van der Waals surface area contributed by atoms with Crippen LogP contribution in [0, 0.1) is 23.6 Å². The summed E-state index contributed by atoms with van der Waals surface area (Å²) in [5, 5.41) is 17.9. The molecule has 4 aliphatic heterocycles. The zero-order valence-electron chi connectivity index (χ0n) is 34.8. The van der Waals surface area contributed by atoms with Crippen molar-refractivity contribution in [1.82, 2.24) is 25.3 Å². The zero-order chi connectivity index (χ0) is 42.8. The third-order valence-corrected chi connectivity index (χ3v) is 14.0. The number of hydrogen-bond donors (Lipinski definition) is 3. The minimum Gasteiger partial charge on any atom is -0.453 e. The Kier molecular flexibility index (Phi) is 13.2. The number of benzene rings is 2. The van der Waals surface area contributed by atoms with Crippen molar-refractivity contribution >= 4 is 23.6 Å². The number of rotatable bonds is 14. The summed E-state index contributed by atoms with van der Waals surface area (Å²) >= 11 is 0. The van der Waals surface area contributed by atoms with Gasteiger partial charge >= 0.3 is 6.09 Å². The molecule has 15 heteroatoms. The van der Waals surface area contributed by atoms with Crippen LogP contribution in [-0.2, 0) is 32.2 Å². The molecule has 4 heterocycles. The number of hydrogen-bond acceptors (Lipinski definition) is 8. The van der Waals surface area contributed by atoms with Gasteiger partial charge in [0, 0.05) is 94.5 Å². The molecule has 0 aromatic heterocycles. The van der Waals surface area contributed by atoms with Gasteiger partial charge in [-0.15, -0.1) is 0 Å². The molecule has 60 heavy (non-hydrogen) atoms. The molecular formula is C45H60F4N6O5. The Morgan fingerprint density at radius 2 is 1.72 bits per heavy atom. The molecule has 0 unspecified atom stereocenters. The summed E-state index contributed by atoms with van der Waals surface area (Å²) in [6.07, 6.45) is 4.20. The highest BCUT2D eigenvalue weighted by molar-refractivity contribution is 5.87. The number of β-amino-alcohol motifs (C(OH)–C–C–N with tert-alkyl or cyclic N) is 1. The molecule has 328 valence electrons. The summed E-state index contributed by atoms with van der Waals surface area (Å²) < 4.78 is 66.6. The largest absolute Gasteiger partial charge is 0.453 e. The fourth-order valence-electron chi connectivity index (χ4n) is 11.0. The van der Waals surface area contributed by atoms with Gasteiger partial charge in [-0.05, 0) is 105 Å². The van der Waals surface area contributed by atoms with Crippen LogP contribution in [0.2, 0.25) is 0 Å². The number of anilines is 1. The first-order valence-electron chi connectivity index (χ1n) is 21.5. The lowest BCUT2D eigenvalue weighted by atomic mass is 9.58. The Balaban J connectivity index is 1.05. The number of halogens is 4. The number of likely N-dealkylation sites (tertiary alicyclic amines) is 3. The van der Waals surface area contributed by atoms with Crippen LogP contribution in [0.5, 0.6) is 0 Å². The van der Waals surface area contributed by atoms with Crippen molar-refractivity contribution in [2.75, 3.05) is 77.5 Å². The summed E-state index contributed by atoms with van der Waals surface area (Å²) in [6.45, 7) is 8.48. The molecule has 0 radical (unpaired) electrons. The van der Waals surface area contributed by atoms with E-state index in [0.717, 1.165) is 30.9 Å². The second-order valence-electron chi connectivity index (χ2n) is 18.0. The number of methoxy groups -OCH3 is 1. The average molecular weight is 841 g/mol. The summed E-state index contributed by atoms with van der Waals surface area (Å²) in [7, 11) is 1.33. The Labute approximate surface area is 350 Å². The van der Waals surface area contributed by atoms with Crippen molar-refractivity contribution < 1.29 is 41.8 Å². The van der Waals surface area contributed by atoms with Crippen LogP contribution < -0.4 is 15.5 Å². The van der Waals surface area contributed by atoms with Gasteiger partial charge in [-0.3, -0.25) is 14.5 Å². The van der Waals surface area contributed by atoms with E-state index in [4.69, 9.17) is 4.74 Å². The summed E-state index contributed by atoms with van der Waals surface area (Å²) in [4.78, 5) is 44.7. The minimum atomic E-state index is -3.22. The van der Waals surface area contributed by atoms with Crippen LogP contribution in [0.4, 0.5) is 28.0 Å². The van der Waals surface area contributed by atoms with Gasteiger partial charge in [-0.1, -0.05) is 31.2 Å². The first kappa shape index (κ1) is 43.9. The first-order chi connectivity index (χ1) is 28.6. The van der Waals surface area contributed by atoms with Gasteiger partial charge in [0.2, 0.25) is 11.8 Å². The van der Waals surface area contributed by atoms with E-state index < -0.39 is 35.1 Å². The van der Waals surface area contributed by atoms with E-state index in [1.54, 1.807) is 24.3 Å². The molecule has 1 aliphatic carbocycles. The first-order valence-corrected chi connectivity index (χ1v) is 21.5. The molecule has 2 aromatic carbocycles. The normalized spacial score (nSPS) is 25.1. The smallest absolute Gasteiger partial charge is 0.407 e. The van der Waals surface area contributed by atoms with E-state index in [9.17, 15) is 28.3 Å². The van der Waals surface area contributed by atoms with Gasteiger partial charge in [0.1, 0.15) is 17.6 Å². The third kappa shape index (κ3) is 9.18. The Bertz CT molecular complexity index is 1880.